The number of aromatic nitrogens is 2. The fraction of sp³-hybridized carbons (Fsp3) is 0.571. The molecular formula is C7H12BrN3. The fourth-order valence-electron chi connectivity index (χ4n) is 0.929. The van der Waals surface area contributed by atoms with Crippen LogP contribution in [0.25, 0.3) is 0 Å². The average Bonchev–Trinajstić information content (AvgIpc) is 2.36. The van der Waals surface area contributed by atoms with Gasteiger partial charge in [0.1, 0.15) is 0 Å². The molecule has 1 aromatic heterocycles. The first-order chi connectivity index (χ1) is 5.24. The standard InChI is InChI=1S/C7H12BrN3/c1-6(2-3-9)11-5-7(8)4-10-11/h4-6H,2-3,9H2,1H3. The maximum atomic E-state index is 5.42. The summed E-state index contributed by atoms with van der Waals surface area (Å²) < 4.78 is 2.93. The van der Waals surface area contributed by atoms with Gasteiger partial charge in [0.15, 0.2) is 0 Å². The lowest BCUT2D eigenvalue weighted by Crippen LogP contribution is -2.11. The lowest BCUT2D eigenvalue weighted by atomic mass is 10.2. The second-order valence-electron chi connectivity index (χ2n) is 2.56. The van der Waals surface area contributed by atoms with E-state index in [-0.39, 0.29) is 0 Å². The van der Waals surface area contributed by atoms with Crippen molar-refractivity contribution in [2.24, 2.45) is 5.73 Å². The lowest BCUT2D eigenvalue weighted by molar-refractivity contribution is 0.465. The summed E-state index contributed by atoms with van der Waals surface area (Å²) in [5.74, 6) is 0. The first-order valence-electron chi connectivity index (χ1n) is 3.63. The Bertz CT molecular complexity index is 221. The normalized spacial score (nSPS) is 13.4. The summed E-state index contributed by atoms with van der Waals surface area (Å²) in [7, 11) is 0. The molecule has 62 valence electrons. The van der Waals surface area contributed by atoms with E-state index in [2.05, 4.69) is 28.0 Å². The van der Waals surface area contributed by atoms with Crippen LogP contribution in [0.3, 0.4) is 0 Å². The molecule has 0 aliphatic carbocycles. The number of rotatable bonds is 3. The zero-order valence-electron chi connectivity index (χ0n) is 6.50. The van der Waals surface area contributed by atoms with Crippen LogP contribution in [0, 0.1) is 0 Å². The van der Waals surface area contributed by atoms with Crippen LogP contribution in [0.5, 0.6) is 0 Å². The van der Waals surface area contributed by atoms with Crippen LogP contribution in [-0.4, -0.2) is 16.3 Å². The van der Waals surface area contributed by atoms with Crippen molar-refractivity contribution in [2.75, 3.05) is 6.54 Å². The van der Waals surface area contributed by atoms with Gasteiger partial charge in [-0.05, 0) is 35.8 Å². The average molecular weight is 218 g/mol. The molecule has 0 bridgehead atoms. The van der Waals surface area contributed by atoms with Crippen LogP contribution in [-0.2, 0) is 0 Å². The molecule has 1 heterocycles. The predicted molar refractivity (Wildman–Crippen MR) is 48.3 cm³/mol. The Kier molecular flexibility index (Phi) is 3.08. The Morgan fingerprint density at radius 2 is 2.55 bits per heavy atom. The Hall–Kier alpha value is -0.350. The maximum absolute atomic E-state index is 5.42. The highest BCUT2D eigenvalue weighted by Crippen LogP contribution is 2.12. The molecule has 1 aromatic rings. The van der Waals surface area contributed by atoms with Gasteiger partial charge in [0.05, 0.1) is 16.7 Å². The van der Waals surface area contributed by atoms with Crippen LogP contribution in [0.4, 0.5) is 0 Å². The molecule has 0 fully saturated rings. The Morgan fingerprint density at radius 1 is 1.82 bits per heavy atom. The molecule has 0 amide bonds. The molecule has 0 radical (unpaired) electrons. The number of hydrogen-bond acceptors (Lipinski definition) is 2. The third-order valence-electron chi connectivity index (χ3n) is 1.61. The molecule has 1 atom stereocenters. The molecular weight excluding hydrogens is 206 g/mol. The van der Waals surface area contributed by atoms with E-state index in [9.17, 15) is 0 Å². The lowest BCUT2D eigenvalue weighted by Gasteiger charge is -2.09. The molecule has 0 aliphatic heterocycles. The third kappa shape index (κ3) is 2.31. The largest absolute Gasteiger partial charge is 0.330 e. The molecule has 0 saturated heterocycles. The van der Waals surface area contributed by atoms with Crippen molar-refractivity contribution in [3.05, 3.63) is 16.9 Å². The van der Waals surface area contributed by atoms with Gasteiger partial charge in [-0.3, -0.25) is 4.68 Å². The maximum Gasteiger partial charge on any atom is 0.0632 e. The Morgan fingerprint density at radius 3 is 3.00 bits per heavy atom. The topological polar surface area (TPSA) is 43.8 Å². The highest BCUT2D eigenvalue weighted by atomic mass is 79.9. The van der Waals surface area contributed by atoms with Gasteiger partial charge >= 0.3 is 0 Å². The minimum atomic E-state index is 0.395. The van der Waals surface area contributed by atoms with E-state index < -0.39 is 0 Å². The number of nitrogens with two attached hydrogens (primary N) is 1. The summed E-state index contributed by atoms with van der Waals surface area (Å²) in [5.41, 5.74) is 5.42. The van der Waals surface area contributed by atoms with Crippen LogP contribution >= 0.6 is 15.9 Å². The van der Waals surface area contributed by atoms with Gasteiger partial charge in [-0.15, -0.1) is 0 Å². The zero-order chi connectivity index (χ0) is 8.27. The predicted octanol–water partition coefficient (Wildman–Crippen LogP) is 1.56. The monoisotopic (exact) mass is 217 g/mol. The van der Waals surface area contributed by atoms with Crippen molar-refractivity contribution >= 4 is 15.9 Å². The minimum Gasteiger partial charge on any atom is -0.330 e. The smallest absolute Gasteiger partial charge is 0.0632 e. The summed E-state index contributed by atoms with van der Waals surface area (Å²) in [6.07, 6.45) is 4.71. The molecule has 1 rings (SSSR count). The molecule has 0 aromatic carbocycles. The van der Waals surface area contributed by atoms with Crippen molar-refractivity contribution in [3.8, 4) is 0 Å². The molecule has 0 saturated carbocycles. The van der Waals surface area contributed by atoms with Gasteiger partial charge in [-0.25, -0.2) is 0 Å². The first-order valence-corrected chi connectivity index (χ1v) is 4.43. The van der Waals surface area contributed by atoms with Crippen LogP contribution in [0.1, 0.15) is 19.4 Å². The summed E-state index contributed by atoms with van der Waals surface area (Å²) in [6.45, 7) is 2.81. The summed E-state index contributed by atoms with van der Waals surface area (Å²) >= 11 is 3.34. The molecule has 1 unspecified atom stereocenters. The zero-order valence-corrected chi connectivity index (χ0v) is 8.08. The van der Waals surface area contributed by atoms with Crippen molar-refractivity contribution in [1.29, 1.82) is 0 Å². The number of nitrogens with zero attached hydrogens (tertiary/aromatic N) is 2. The van der Waals surface area contributed by atoms with Gasteiger partial charge in [-0.2, -0.15) is 5.10 Å². The highest BCUT2D eigenvalue weighted by molar-refractivity contribution is 9.10. The van der Waals surface area contributed by atoms with Gasteiger partial charge in [0.2, 0.25) is 0 Å². The van der Waals surface area contributed by atoms with E-state index in [0.29, 0.717) is 12.6 Å². The Balaban J connectivity index is 2.60. The molecule has 0 spiro atoms. The summed E-state index contributed by atoms with van der Waals surface area (Å²) in [4.78, 5) is 0. The fourth-order valence-corrected chi connectivity index (χ4v) is 1.23. The molecule has 2 N–H and O–H groups in total. The van der Waals surface area contributed by atoms with E-state index in [1.807, 2.05) is 10.9 Å². The van der Waals surface area contributed by atoms with Crippen molar-refractivity contribution < 1.29 is 0 Å². The van der Waals surface area contributed by atoms with E-state index in [4.69, 9.17) is 5.73 Å². The third-order valence-corrected chi connectivity index (χ3v) is 2.02. The highest BCUT2D eigenvalue weighted by Gasteiger charge is 2.03. The molecule has 3 nitrogen and oxygen atoms in total. The second-order valence-corrected chi connectivity index (χ2v) is 3.48. The molecule has 0 aliphatic rings. The first kappa shape index (κ1) is 8.74. The van der Waals surface area contributed by atoms with E-state index in [1.165, 1.54) is 0 Å². The second kappa shape index (κ2) is 3.88. The SMILES string of the molecule is CC(CCN)n1cc(Br)cn1. The van der Waals surface area contributed by atoms with Gasteiger partial charge in [0.25, 0.3) is 0 Å². The van der Waals surface area contributed by atoms with Crippen LogP contribution < -0.4 is 5.73 Å². The van der Waals surface area contributed by atoms with Crippen LogP contribution in [0.15, 0.2) is 16.9 Å². The van der Waals surface area contributed by atoms with Gasteiger partial charge in [-0.1, -0.05) is 0 Å². The quantitative estimate of drug-likeness (QED) is 0.836. The van der Waals surface area contributed by atoms with Crippen molar-refractivity contribution in [2.45, 2.75) is 19.4 Å². The van der Waals surface area contributed by atoms with E-state index >= 15 is 0 Å². The van der Waals surface area contributed by atoms with Gasteiger partial charge in [0, 0.05) is 6.20 Å². The van der Waals surface area contributed by atoms with E-state index in [0.717, 1.165) is 10.9 Å². The summed E-state index contributed by atoms with van der Waals surface area (Å²) in [5, 5.41) is 4.15. The Labute approximate surface area is 74.7 Å². The number of hydrogen-bond donors (Lipinski definition) is 1. The molecule has 4 heteroatoms. The van der Waals surface area contributed by atoms with Crippen LogP contribution in [0.2, 0.25) is 0 Å². The van der Waals surface area contributed by atoms with Crippen molar-refractivity contribution in [3.63, 3.8) is 0 Å². The molecule has 11 heavy (non-hydrogen) atoms. The number of halogens is 1. The van der Waals surface area contributed by atoms with Gasteiger partial charge < -0.3 is 5.73 Å². The van der Waals surface area contributed by atoms with E-state index in [1.54, 1.807) is 6.20 Å². The summed E-state index contributed by atoms with van der Waals surface area (Å²) in [6, 6.07) is 0.395. The minimum absolute atomic E-state index is 0.395. The van der Waals surface area contributed by atoms with Crippen molar-refractivity contribution in [1.82, 2.24) is 9.78 Å².